The summed E-state index contributed by atoms with van der Waals surface area (Å²) in [5.41, 5.74) is 1.22. The quantitative estimate of drug-likeness (QED) is 0.372. The Kier molecular flexibility index (Phi) is 11.2. The zero-order chi connectivity index (χ0) is 21.6. The van der Waals surface area contributed by atoms with Gasteiger partial charge in [0.25, 0.3) is 5.91 Å². The number of unbranched alkanes of at least 4 members (excludes halogenated alkanes) is 3. The van der Waals surface area contributed by atoms with Crippen molar-refractivity contribution in [2.75, 3.05) is 21.2 Å². The molecular formula is C23H32N2O4. The van der Waals surface area contributed by atoms with Gasteiger partial charge in [-0.25, -0.2) is 4.79 Å². The van der Waals surface area contributed by atoms with Crippen LogP contribution >= 0.6 is 0 Å². The van der Waals surface area contributed by atoms with Crippen molar-refractivity contribution in [3.63, 3.8) is 0 Å². The third-order valence-corrected chi connectivity index (χ3v) is 4.42. The third kappa shape index (κ3) is 9.29. The van der Waals surface area contributed by atoms with E-state index in [4.69, 9.17) is 4.74 Å². The molecule has 1 aromatic carbocycles. The largest absolute Gasteiger partial charge is 0.467 e. The maximum Gasteiger partial charge on any atom is 0.328 e. The third-order valence-electron chi connectivity index (χ3n) is 4.42. The predicted molar refractivity (Wildman–Crippen MR) is 113 cm³/mol. The van der Waals surface area contributed by atoms with Crippen LogP contribution in [0.2, 0.25) is 0 Å². The van der Waals surface area contributed by atoms with Crippen LogP contribution in [0.5, 0.6) is 0 Å². The first-order valence-corrected chi connectivity index (χ1v) is 10.1. The Labute approximate surface area is 174 Å². The first kappa shape index (κ1) is 24.2. The number of benzene rings is 1. The molecule has 6 nitrogen and oxygen atoms in total. The van der Waals surface area contributed by atoms with E-state index in [0.717, 1.165) is 37.7 Å². The smallest absolute Gasteiger partial charge is 0.328 e. The highest BCUT2D eigenvalue weighted by molar-refractivity contribution is 5.97. The lowest BCUT2D eigenvalue weighted by Gasteiger charge is -2.15. The van der Waals surface area contributed by atoms with E-state index in [0.29, 0.717) is 18.4 Å². The minimum Gasteiger partial charge on any atom is -0.467 e. The molecule has 0 aliphatic carbocycles. The topological polar surface area (TPSA) is 75.7 Å². The number of amides is 2. The van der Waals surface area contributed by atoms with E-state index in [1.807, 2.05) is 13.0 Å². The molecule has 0 aliphatic rings. The number of methoxy groups -OCH3 is 1. The molecule has 1 rings (SSSR count). The van der Waals surface area contributed by atoms with Gasteiger partial charge in [0, 0.05) is 38.1 Å². The van der Waals surface area contributed by atoms with E-state index in [2.05, 4.69) is 17.2 Å². The second-order valence-corrected chi connectivity index (χ2v) is 7.07. The lowest BCUT2D eigenvalue weighted by Crippen LogP contribution is -2.41. The Hall–Kier alpha value is -2.81. The SMILES string of the molecule is CCC[C@@H](NC(=O)c1cccc(C#CCCCCCC(=O)N(C)C)c1)C(=O)OC. The summed E-state index contributed by atoms with van der Waals surface area (Å²) in [6.45, 7) is 1.94. The Morgan fingerprint density at radius 1 is 1.17 bits per heavy atom. The number of carbonyl (C=O) groups is 3. The molecule has 29 heavy (non-hydrogen) atoms. The van der Waals surface area contributed by atoms with Crippen LogP contribution in [0.1, 0.15) is 67.8 Å². The van der Waals surface area contributed by atoms with Crippen LogP contribution in [-0.4, -0.2) is 49.9 Å². The van der Waals surface area contributed by atoms with Crippen molar-refractivity contribution in [1.29, 1.82) is 0 Å². The van der Waals surface area contributed by atoms with Gasteiger partial charge in [-0.1, -0.05) is 37.7 Å². The molecule has 0 radical (unpaired) electrons. The highest BCUT2D eigenvalue weighted by Gasteiger charge is 2.21. The molecule has 0 spiro atoms. The Morgan fingerprint density at radius 2 is 1.93 bits per heavy atom. The van der Waals surface area contributed by atoms with Gasteiger partial charge >= 0.3 is 5.97 Å². The van der Waals surface area contributed by atoms with Gasteiger partial charge in [-0.15, -0.1) is 0 Å². The zero-order valence-electron chi connectivity index (χ0n) is 17.9. The number of hydrogen-bond donors (Lipinski definition) is 1. The number of nitrogens with zero attached hydrogens (tertiary/aromatic N) is 1. The second kappa shape index (κ2) is 13.4. The summed E-state index contributed by atoms with van der Waals surface area (Å²) in [6.07, 6.45) is 5.37. The maximum absolute atomic E-state index is 12.5. The number of nitrogens with one attached hydrogen (secondary N) is 1. The Balaban J connectivity index is 2.54. The summed E-state index contributed by atoms with van der Waals surface area (Å²) < 4.78 is 4.75. The normalized spacial score (nSPS) is 11.0. The van der Waals surface area contributed by atoms with Crippen molar-refractivity contribution in [3.8, 4) is 11.8 Å². The molecule has 0 heterocycles. The van der Waals surface area contributed by atoms with Crippen LogP contribution < -0.4 is 5.32 Å². The van der Waals surface area contributed by atoms with Gasteiger partial charge in [0.2, 0.25) is 5.91 Å². The highest BCUT2D eigenvalue weighted by Crippen LogP contribution is 2.08. The number of esters is 1. The average Bonchev–Trinajstić information content (AvgIpc) is 2.71. The molecule has 2 amide bonds. The molecule has 0 aromatic heterocycles. The van der Waals surface area contributed by atoms with Gasteiger partial charge in [-0.2, -0.15) is 0 Å². The number of rotatable bonds is 10. The van der Waals surface area contributed by atoms with E-state index < -0.39 is 12.0 Å². The van der Waals surface area contributed by atoms with E-state index >= 15 is 0 Å². The molecule has 1 N–H and O–H groups in total. The fraction of sp³-hybridized carbons (Fsp3) is 0.522. The zero-order valence-corrected chi connectivity index (χ0v) is 17.9. The summed E-state index contributed by atoms with van der Waals surface area (Å²) in [5, 5.41) is 2.73. The van der Waals surface area contributed by atoms with Crippen molar-refractivity contribution in [3.05, 3.63) is 35.4 Å². The van der Waals surface area contributed by atoms with Crippen LogP contribution in [0.4, 0.5) is 0 Å². The van der Waals surface area contributed by atoms with E-state index in [-0.39, 0.29) is 11.8 Å². The first-order chi connectivity index (χ1) is 13.9. The van der Waals surface area contributed by atoms with Crippen molar-refractivity contribution in [2.24, 2.45) is 0 Å². The lowest BCUT2D eigenvalue weighted by atomic mass is 10.1. The second-order valence-electron chi connectivity index (χ2n) is 7.07. The summed E-state index contributed by atoms with van der Waals surface area (Å²) >= 11 is 0. The molecule has 0 saturated carbocycles. The monoisotopic (exact) mass is 400 g/mol. The number of hydrogen-bond acceptors (Lipinski definition) is 4. The van der Waals surface area contributed by atoms with Gasteiger partial charge in [0.15, 0.2) is 0 Å². The predicted octanol–water partition coefficient (Wildman–Crippen LogP) is 3.15. The summed E-state index contributed by atoms with van der Waals surface area (Å²) in [6, 6.07) is 6.40. The summed E-state index contributed by atoms with van der Waals surface area (Å²) in [7, 11) is 4.84. The fourth-order valence-corrected chi connectivity index (χ4v) is 2.71. The molecule has 0 bridgehead atoms. The number of carbonyl (C=O) groups excluding carboxylic acids is 3. The molecule has 0 unspecified atom stereocenters. The lowest BCUT2D eigenvalue weighted by molar-refractivity contribution is -0.143. The number of ether oxygens (including phenoxy) is 1. The average molecular weight is 401 g/mol. The van der Waals surface area contributed by atoms with E-state index in [1.165, 1.54) is 7.11 Å². The van der Waals surface area contributed by atoms with E-state index in [1.54, 1.807) is 37.2 Å². The van der Waals surface area contributed by atoms with Gasteiger partial charge < -0.3 is 15.0 Å². The molecule has 1 atom stereocenters. The van der Waals surface area contributed by atoms with Crippen molar-refractivity contribution in [1.82, 2.24) is 10.2 Å². The minimum atomic E-state index is -0.647. The van der Waals surface area contributed by atoms with Gasteiger partial charge in [0.05, 0.1) is 7.11 Å². The first-order valence-electron chi connectivity index (χ1n) is 10.1. The Morgan fingerprint density at radius 3 is 2.59 bits per heavy atom. The molecular weight excluding hydrogens is 368 g/mol. The van der Waals surface area contributed by atoms with Crippen molar-refractivity contribution >= 4 is 17.8 Å². The van der Waals surface area contributed by atoms with Gasteiger partial charge in [0.1, 0.15) is 6.04 Å². The molecule has 0 aliphatic heterocycles. The summed E-state index contributed by atoms with van der Waals surface area (Å²) in [4.78, 5) is 37.3. The fourth-order valence-electron chi connectivity index (χ4n) is 2.71. The maximum atomic E-state index is 12.5. The minimum absolute atomic E-state index is 0.152. The van der Waals surface area contributed by atoms with Crippen LogP contribution in [0.3, 0.4) is 0 Å². The Bertz CT molecular complexity index is 747. The standard InChI is InChI=1S/C23H32N2O4/c1-5-12-20(23(28)29-4)24-22(27)19-15-11-14-18(17-19)13-9-7-6-8-10-16-21(26)25(2)3/h11,14-15,17,20H,5-8,10,12,16H2,1-4H3,(H,24,27)/t20-/m1/s1. The molecule has 6 heteroatoms. The summed E-state index contributed by atoms with van der Waals surface area (Å²) in [5.74, 6) is 5.58. The van der Waals surface area contributed by atoms with Crippen LogP contribution in [0.15, 0.2) is 24.3 Å². The van der Waals surface area contributed by atoms with Crippen LogP contribution in [-0.2, 0) is 14.3 Å². The van der Waals surface area contributed by atoms with Crippen LogP contribution in [0, 0.1) is 11.8 Å². The van der Waals surface area contributed by atoms with Gasteiger partial charge in [-0.05, 0) is 37.5 Å². The molecule has 0 fully saturated rings. The molecule has 1 aromatic rings. The molecule has 158 valence electrons. The van der Waals surface area contributed by atoms with Crippen LogP contribution in [0.25, 0.3) is 0 Å². The van der Waals surface area contributed by atoms with Crippen molar-refractivity contribution in [2.45, 2.75) is 57.9 Å². The highest BCUT2D eigenvalue weighted by atomic mass is 16.5. The van der Waals surface area contributed by atoms with E-state index in [9.17, 15) is 14.4 Å². The van der Waals surface area contributed by atoms with Crippen molar-refractivity contribution < 1.29 is 19.1 Å². The van der Waals surface area contributed by atoms with Gasteiger partial charge in [-0.3, -0.25) is 9.59 Å². The molecule has 0 saturated heterocycles.